The minimum Gasteiger partial charge on any atom is -0.230 e. The van der Waals surface area contributed by atoms with Crippen LogP contribution in [0.4, 0.5) is 13.2 Å². The lowest BCUT2D eigenvalue weighted by molar-refractivity contribution is -0.141. The second kappa shape index (κ2) is 4.06. The van der Waals surface area contributed by atoms with Crippen molar-refractivity contribution in [1.82, 2.24) is 4.98 Å². The van der Waals surface area contributed by atoms with Crippen LogP contribution in [0.15, 0.2) is 17.2 Å². The van der Waals surface area contributed by atoms with Crippen LogP contribution in [0, 0.1) is 3.57 Å². The van der Waals surface area contributed by atoms with Gasteiger partial charge in [-0.2, -0.15) is 13.2 Å². The molecule has 0 spiro atoms. The number of aromatic nitrogens is 1. The normalized spacial score (nSPS) is 12.9. The third-order valence-electron chi connectivity index (χ3n) is 1.31. The number of nitrogens with zero attached hydrogens (tertiary/aromatic N) is 1. The molecule has 0 saturated carbocycles. The Bertz CT molecular complexity index is 488. The fourth-order valence-electron chi connectivity index (χ4n) is 0.744. The molecule has 15 heavy (non-hydrogen) atoms. The van der Waals surface area contributed by atoms with Crippen molar-refractivity contribution in [1.29, 1.82) is 0 Å². The summed E-state index contributed by atoms with van der Waals surface area (Å²) in [6.07, 6.45) is -4.70. The molecule has 1 heterocycles. The summed E-state index contributed by atoms with van der Waals surface area (Å²) in [5, 5.41) is -0.802. The van der Waals surface area contributed by atoms with E-state index < -0.39 is 25.9 Å². The predicted molar refractivity (Wildman–Crippen MR) is 55.0 cm³/mol. The Labute approximate surface area is 101 Å². The van der Waals surface area contributed by atoms with Crippen LogP contribution >= 0.6 is 33.3 Å². The molecule has 0 aliphatic heterocycles. The summed E-state index contributed by atoms with van der Waals surface area (Å²) in [6, 6.07) is 1.68. The Morgan fingerprint density at radius 2 is 1.87 bits per heavy atom. The second-order valence-electron chi connectivity index (χ2n) is 2.44. The fourth-order valence-corrected chi connectivity index (χ4v) is 2.26. The summed E-state index contributed by atoms with van der Waals surface area (Å²) in [7, 11) is 0.640. The van der Waals surface area contributed by atoms with Gasteiger partial charge in [-0.05, 0) is 34.7 Å². The van der Waals surface area contributed by atoms with Crippen molar-refractivity contribution < 1.29 is 21.6 Å². The van der Waals surface area contributed by atoms with E-state index in [9.17, 15) is 21.6 Å². The first kappa shape index (κ1) is 13.0. The average molecular weight is 372 g/mol. The Kier molecular flexibility index (Phi) is 3.51. The summed E-state index contributed by atoms with van der Waals surface area (Å²) in [4.78, 5) is 2.93. The van der Waals surface area contributed by atoms with Gasteiger partial charge in [-0.3, -0.25) is 0 Å². The number of hydrogen-bond acceptors (Lipinski definition) is 3. The van der Waals surface area contributed by atoms with E-state index in [4.69, 9.17) is 10.7 Å². The lowest BCUT2D eigenvalue weighted by Gasteiger charge is -2.07. The number of rotatable bonds is 1. The zero-order valence-electron chi connectivity index (χ0n) is 6.72. The van der Waals surface area contributed by atoms with Crippen LogP contribution in [-0.4, -0.2) is 13.4 Å². The molecule has 0 aliphatic rings. The number of hydrogen-bond donors (Lipinski definition) is 0. The molecule has 0 N–H and O–H groups in total. The minimum absolute atomic E-state index is 0.0918. The molecule has 0 aromatic carbocycles. The van der Waals surface area contributed by atoms with Crippen LogP contribution in [0.1, 0.15) is 5.69 Å². The van der Waals surface area contributed by atoms with Crippen molar-refractivity contribution in [3.63, 3.8) is 0 Å². The van der Waals surface area contributed by atoms with E-state index in [0.717, 1.165) is 12.1 Å². The molecule has 0 radical (unpaired) electrons. The molecular formula is C6H2ClF3INO2S. The lowest BCUT2D eigenvalue weighted by atomic mass is 10.3. The van der Waals surface area contributed by atoms with Crippen LogP contribution in [0.5, 0.6) is 0 Å². The molecule has 1 rings (SSSR count). The largest absolute Gasteiger partial charge is 0.433 e. The van der Waals surface area contributed by atoms with Gasteiger partial charge in [0.15, 0.2) is 5.03 Å². The van der Waals surface area contributed by atoms with E-state index in [2.05, 4.69) is 4.98 Å². The molecule has 3 nitrogen and oxygen atoms in total. The Morgan fingerprint density at radius 1 is 1.33 bits per heavy atom. The van der Waals surface area contributed by atoms with E-state index in [0.29, 0.717) is 0 Å². The molecule has 0 bridgehead atoms. The van der Waals surface area contributed by atoms with Gasteiger partial charge in [-0.25, -0.2) is 13.4 Å². The average Bonchev–Trinajstić information content (AvgIpc) is 1.99. The zero-order chi connectivity index (χ0) is 11.9. The first-order valence-electron chi connectivity index (χ1n) is 3.30. The smallest absolute Gasteiger partial charge is 0.230 e. The summed E-state index contributed by atoms with van der Waals surface area (Å²) >= 11 is 1.55. The molecule has 0 unspecified atom stereocenters. The monoisotopic (exact) mass is 371 g/mol. The molecule has 1 aromatic rings. The maximum Gasteiger partial charge on any atom is 0.433 e. The number of halogens is 5. The molecule has 9 heteroatoms. The van der Waals surface area contributed by atoms with Crippen LogP contribution < -0.4 is 0 Å². The number of pyridine rings is 1. The van der Waals surface area contributed by atoms with Crippen molar-refractivity contribution in [2.45, 2.75) is 11.2 Å². The van der Waals surface area contributed by atoms with Gasteiger partial charge in [0.2, 0.25) is 0 Å². The minimum atomic E-state index is -4.70. The summed E-state index contributed by atoms with van der Waals surface area (Å²) in [5.74, 6) is 0. The molecule has 0 aliphatic carbocycles. The highest BCUT2D eigenvalue weighted by Crippen LogP contribution is 2.30. The van der Waals surface area contributed by atoms with Crippen molar-refractivity contribution in [2.24, 2.45) is 0 Å². The van der Waals surface area contributed by atoms with Crippen LogP contribution in [0.25, 0.3) is 0 Å². The Morgan fingerprint density at radius 3 is 2.27 bits per heavy atom. The summed E-state index contributed by atoms with van der Waals surface area (Å²) < 4.78 is 58.4. The molecule has 84 valence electrons. The molecule has 0 fully saturated rings. The molecule has 0 atom stereocenters. The molecule has 1 aromatic heterocycles. The topological polar surface area (TPSA) is 47.0 Å². The third-order valence-corrected chi connectivity index (χ3v) is 3.11. The van der Waals surface area contributed by atoms with Gasteiger partial charge in [-0.15, -0.1) is 0 Å². The Hall–Kier alpha value is -0.0900. The SMILES string of the molecule is O=S(=O)(Cl)c1cc(I)cc(C(F)(F)F)n1. The van der Waals surface area contributed by atoms with Gasteiger partial charge in [0.05, 0.1) is 0 Å². The van der Waals surface area contributed by atoms with Crippen LogP contribution in [-0.2, 0) is 15.2 Å². The summed E-state index contributed by atoms with van der Waals surface area (Å²) in [6.45, 7) is 0. The van der Waals surface area contributed by atoms with Crippen molar-refractivity contribution >= 4 is 42.3 Å². The van der Waals surface area contributed by atoms with E-state index >= 15 is 0 Å². The van der Waals surface area contributed by atoms with Gasteiger partial charge < -0.3 is 0 Å². The van der Waals surface area contributed by atoms with Gasteiger partial charge in [0.25, 0.3) is 9.05 Å². The van der Waals surface area contributed by atoms with Gasteiger partial charge in [0.1, 0.15) is 5.69 Å². The lowest BCUT2D eigenvalue weighted by Crippen LogP contribution is -2.10. The van der Waals surface area contributed by atoms with Gasteiger partial charge in [-0.1, -0.05) is 0 Å². The standard InChI is InChI=1S/C6H2ClF3INO2S/c7-15(13,14)5-2-3(11)1-4(12-5)6(8,9)10/h1-2H. The predicted octanol–water partition coefficient (Wildman–Crippen LogP) is 2.63. The van der Waals surface area contributed by atoms with E-state index in [1.165, 1.54) is 0 Å². The van der Waals surface area contributed by atoms with Gasteiger partial charge >= 0.3 is 6.18 Å². The highest BCUT2D eigenvalue weighted by molar-refractivity contribution is 14.1. The van der Waals surface area contributed by atoms with E-state index in [-0.39, 0.29) is 3.57 Å². The number of alkyl halides is 3. The quantitative estimate of drug-likeness (QED) is 0.563. The van der Waals surface area contributed by atoms with E-state index in [1.54, 1.807) is 22.6 Å². The molecular weight excluding hydrogens is 369 g/mol. The molecule has 0 saturated heterocycles. The third kappa shape index (κ3) is 3.45. The summed E-state index contributed by atoms with van der Waals surface area (Å²) in [5.41, 5.74) is -1.28. The first-order valence-corrected chi connectivity index (χ1v) is 6.69. The highest BCUT2D eigenvalue weighted by Gasteiger charge is 2.34. The zero-order valence-corrected chi connectivity index (χ0v) is 10.4. The van der Waals surface area contributed by atoms with Crippen molar-refractivity contribution in [3.8, 4) is 0 Å². The molecule has 0 amide bonds. The second-order valence-corrected chi connectivity index (χ2v) is 6.20. The first-order chi connectivity index (χ1) is 6.60. The maximum absolute atomic E-state index is 12.2. The van der Waals surface area contributed by atoms with Crippen LogP contribution in [0.3, 0.4) is 0 Å². The van der Waals surface area contributed by atoms with Crippen molar-refractivity contribution in [3.05, 3.63) is 21.4 Å². The van der Waals surface area contributed by atoms with Crippen molar-refractivity contribution in [2.75, 3.05) is 0 Å². The van der Waals surface area contributed by atoms with Crippen LogP contribution in [0.2, 0.25) is 0 Å². The fraction of sp³-hybridized carbons (Fsp3) is 0.167. The van der Waals surface area contributed by atoms with E-state index in [1.807, 2.05) is 0 Å². The Balaban J connectivity index is 3.43. The highest BCUT2D eigenvalue weighted by atomic mass is 127. The maximum atomic E-state index is 12.2. The van der Waals surface area contributed by atoms with Gasteiger partial charge in [0, 0.05) is 14.3 Å².